The number of likely N-dealkylation sites (tertiary alicyclic amines) is 1. The van der Waals surface area contributed by atoms with E-state index in [9.17, 15) is 9.90 Å². The minimum Gasteiger partial charge on any atom is -0.508 e. The molecule has 29 heavy (non-hydrogen) atoms. The van der Waals surface area contributed by atoms with Crippen molar-refractivity contribution in [2.45, 2.75) is 58.4 Å². The van der Waals surface area contributed by atoms with E-state index in [0.29, 0.717) is 17.7 Å². The normalized spacial score (nSPS) is 15.2. The van der Waals surface area contributed by atoms with Gasteiger partial charge in [0.1, 0.15) is 5.75 Å². The number of nitrogens with zero attached hydrogens (tertiary/aromatic N) is 2. The highest BCUT2D eigenvalue weighted by Gasteiger charge is 2.26. The molecule has 0 radical (unpaired) electrons. The van der Waals surface area contributed by atoms with E-state index in [1.54, 1.807) is 19.2 Å². The fourth-order valence-corrected chi connectivity index (χ4v) is 3.69. The number of phenolic OH excluding ortho intramolecular Hbond substituents is 1. The van der Waals surface area contributed by atoms with Crippen molar-refractivity contribution in [3.8, 4) is 5.75 Å². The summed E-state index contributed by atoms with van der Waals surface area (Å²) in [5.41, 5.74) is 1.22. The summed E-state index contributed by atoms with van der Waals surface area (Å²) in [6, 6.07) is 7.72. The third-order valence-electron chi connectivity index (χ3n) is 5.58. The van der Waals surface area contributed by atoms with Crippen molar-refractivity contribution in [1.82, 2.24) is 15.5 Å². The van der Waals surface area contributed by atoms with E-state index in [1.165, 1.54) is 5.56 Å². The van der Waals surface area contributed by atoms with Crippen molar-refractivity contribution in [2.24, 2.45) is 10.9 Å². The number of aryl methyl sites for hydroxylation is 1. The lowest BCUT2D eigenvalue weighted by Gasteiger charge is -2.34. The van der Waals surface area contributed by atoms with Crippen molar-refractivity contribution in [3.05, 3.63) is 29.8 Å². The van der Waals surface area contributed by atoms with Crippen molar-refractivity contribution in [2.75, 3.05) is 26.7 Å². The largest absolute Gasteiger partial charge is 0.508 e. The van der Waals surface area contributed by atoms with Crippen molar-refractivity contribution in [1.29, 1.82) is 0 Å². The molecule has 7 heteroatoms. The van der Waals surface area contributed by atoms with Crippen LogP contribution in [0.3, 0.4) is 0 Å². The van der Waals surface area contributed by atoms with Crippen LogP contribution in [0.2, 0.25) is 0 Å². The lowest BCUT2D eigenvalue weighted by molar-refractivity contribution is -0.136. The van der Waals surface area contributed by atoms with E-state index in [1.807, 2.05) is 17.0 Å². The molecule has 164 valence electrons. The zero-order valence-corrected chi connectivity index (χ0v) is 20.3. The Morgan fingerprint density at radius 3 is 2.38 bits per heavy atom. The number of halogens is 1. The number of carbonyl (C=O) groups is 1. The number of aromatic hydroxyl groups is 1. The molecule has 1 fully saturated rings. The maximum Gasteiger partial charge on any atom is 0.225 e. The van der Waals surface area contributed by atoms with Crippen LogP contribution >= 0.6 is 24.0 Å². The smallest absolute Gasteiger partial charge is 0.225 e. The number of hydrogen-bond donors (Lipinski definition) is 3. The van der Waals surface area contributed by atoms with Crippen LogP contribution in [0.25, 0.3) is 0 Å². The lowest BCUT2D eigenvalue weighted by Crippen LogP contribution is -2.50. The predicted octanol–water partition coefficient (Wildman–Crippen LogP) is 3.54. The van der Waals surface area contributed by atoms with Gasteiger partial charge in [-0.15, -0.1) is 24.0 Å². The third-order valence-corrected chi connectivity index (χ3v) is 5.58. The summed E-state index contributed by atoms with van der Waals surface area (Å²) in [5.74, 6) is 1.63. The Bertz CT molecular complexity index is 624. The number of aliphatic imine (C=N–C) groups is 1. The molecule has 0 spiro atoms. The molecule has 1 aliphatic heterocycles. The summed E-state index contributed by atoms with van der Waals surface area (Å²) in [7, 11) is 1.79. The molecule has 1 aromatic carbocycles. The molecule has 0 aromatic heterocycles. The van der Waals surface area contributed by atoms with E-state index in [2.05, 4.69) is 29.5 Å². The monoisotopic (exact) mass is 516 g/mol. The second-order valence-corrected chi connectivity index (χ2v) is 7.53. The van der Waals surface area contributed by atoms with E-state index >= 15 is 0 Å². The van der Waals surface area contributed by atoms with Crippen LogP contribution < -0.4 is 10.6 Å². The maximum absolute atomic E-state index is 12.5. The van der Waals surface area contributed by atoms with Gasteiger partial charge in [-0.1, -0.05) is 26.0 Å². The van der Waals surface area contributed by atoms with Crippen LogP contribution in [0.5, 0.6) is 5.75 Å². The quantitative estimate of drug-likeness (QED) is 0.214. The lowest BCUT2D eigenvalue weighted by atomic mass is 9.98. The van der Waals surface area contributed by atoms with Gasteiger partial charge in [0, 0.05) is 38.6 Å². The number of benzene rings is 1. The number of amides is 1. The van der Waals surface area contributed by atoms with Gasteiger partial charge in [-0.2, -0.15) is 0 Å². The van der Waals surface area contributed by atoms with Gasteiger partial charge in [-0.3, -0.25) is 9.79 Å². The highest BCUT2D eigenvalue weighted by molar-refractivity contribution is 14.0. The van der Waals surface area contributed by atoms with Gasteiger partial charge in [0.15, 0.2) is 5.96 Å². The van der Waals surface area contributed by atoms with Crippen LogP contribution in [-0.2, 0) is 11.2 Å². The summed E-state index contributed by atoms with van der Waals surface area (Å²) < 4.78 is 0. The average molecular weight is 516 g/mol. The summed E-state index contributed by atoms with van der Waals surface area (Å²) in [6.07, 6.45) is 5.72. The molecule has 0 unspecified atom stereocenters. The van der Waals surface area contributed by atoms with Crippen LogP contribution in [-0.4, -0.2) is 54.6 Å². The number of guanidine groups is 1. The first-order valence-electron chi connectivity index (χ1n) is 10.6. The van der Waals surface area contributed by atoms with Gasteiger partial charge in [0.25, 0.3) is 0 Å². The van der Waals surface area contributed by atoms with Gasteiger partial charge in [-0.05, 0) is 56.2 Å². The molecule has 1 heterocycles. The molecule has 0 aliphatic carbocycles. The van der Waals surface area contributed by atoms with Crippen molar-refractivity contribution < 1.29 is 9.90 Å². The van der Waals surface area contributed by atoms with Crippen LogP contribution in [0.1, 0.15) is 51.5 Å². The number of phenols is 1. The minimum atomic E-state index is 0. The number of nitrogens with one attached hydrogen (secondary N) is 2. The minimum absolute atomic E-state index is 0. The van der Waals surface area contributed by atoms with Crippen molar-refractivity contribution in [3.63, 3.8) is 0 Å². The Morgan fingerprint density at radius 2 is 1.83 bits per heavy atom. The predicted molar refractivity (Wildman–Crippen MR) is 130 cm³/mol. The van der Waals surface area contributed by atoms with Gasteiger partial charge in [0.05, 0.1) is 0 Å². The summed E-state index contributed by atoms with van der Waals surface area (Å²) in [6.45, 7) is 6.68. The molecule has 0 atom stereocenters. The fraction of sp³-hybridized carbons (Fsp3) is 0.636. The topological polar surface area (TPSA) is 77.0 Å². The van der Waals surface area contributed by atoms with E-state index < -0.39 is 0 Å². The summed E-state index contributed by atoms with van der Waals surface area (Å²) in [4.78, 5) is 18.9. The summed E-state index contributed by atoms with van der Waals surface area (Å²) in [5, 5.41) is 16.2. The first kappa shape index (κ1) is 25.5. The highest BCUT2D eigenvalue weighted by atomic mass is 127. The second kappa shape index (κ2) is 13.7. The van der Waals surface area contributed by atoms with E-state index in [0.717, 1.165) is 64.1 Å². The van der Waals surface area contributed by atoms with Gasteiger partial charge >= 0.3 is 0 Å². The SMILES string of the molecule is CCC(CC)C(=O)N1CCC(NC(=NC)NCCCc2ccc(O)cc2)CC1.I. The van der Waals surface area contributed by atoms with E-state index in [-0.39, 0.29) is 29.9 Å². The third kappa shape index (κ3) is 8.40. The molecule has 1 aliphatic rings. The Morgan fingerprint density at radius 1 is 1.21 bits per heavy atom. The van der Waals surface area contributed by atoms with Gasteiger partial charge in [-0.25, -0.2) is 0 Å². The first-order chi connectivity index (χ1) is 13.6. The maximum atomic E-state index is 12.5. The molecule has 0 bridgehead atoms. The van der Waals surface area contributed by atoms with E-state index in [4.69, 9.17) is 0 Å². The summed E-state index contributed by atoms with van der Waals surface area (Å²) >= 11 is 0. The molecular weight excluding hydrogens is 479 g/mol. The Hall–Kier alpha value is -1.51. The highest BCUT2D eigenvalue weighted by Crippen LogP contribution is 2.17. The molecule has 0 saturated carbocycles. The standard InChI is InChI=1S/C22H36N4O2.HI/c1-4-18(5-2)21(28)26-15-12-19(13-16-26)25-22(23-3)24-14-6-7-17-8-10-20(27)11-9-17;/h8-11,18-19,27H,4-7,12-16H2,1-3H3,(H2,23,24,25);1H. The number of piperidine rings is 1. The fourth-order valence-electron chi connectivity index (χ4n) is 3.69. The van der Waals surface area contributed by atoms with Gasteiger partial charge in [0.2, 0.25) is 5.91 Å². The molecule has 1 amide bonds. The molecule has 1 saturated heterocycles. The van der Waals surface area contributed by atoms with Crippen molar-refractivity contribution >= 4 is 35.8 Å². The number of carbonyl (C=O) groups excluding carboxylic acids is 1. The molecule has 3 N–H and O–H groups in total. The first-order valence-corrected chi connectivity index (χ1v) is 10.6. The average Bonchev–Trinajstić information content (AvgIpc) is 2.72. The molecular formula is C22H37IN4O2. The van der Waals surface area contributed by atoms with Crippen LogP contribution in [0.15, 0.2) is 29.3 Å². The van der Waals surface area contributed by atoms with Crippen LogP contribution in [0, 0.1) is 5.92 Å². The van der Waals surface area contributed by atoms with Gasteiger partial charge < -0.3 is 20.6 Å². The number of rotatable bonds is 8. The zero-order valence-electron chi connectivity index (χ0n) is 18.0. The molecule has 6 nitrogen and oxygen atoms in total. The Balaban J connectivity index is 0.00000420. The Labute approximate surface area is 192 Å². The molecule has 1 aromatic rings. The second-order valence-electron chi connectivity index (χ2n) is 7.53. The Kier molecular flexibility index (Phi) is 12.0. The van der Waals surface area contributed by atoms with Crippen LogP contribution in [0.4, 0.5) is 0 Å². The number of hydrogen-bond acceptors (Lipinski definition) is 3. The molecule has 2 rings (SSSR count). The zero-order chi connectivity index (χ0) is 20.4.